The number of hydrogen-bond acceptors (Lipinski definition) is 4. The number of thioether (sulfide) groups is 1. The van der Waals surface area contributed by atoms with Gasteiger partial charge in [0, 0.05) is 17.5 Å². The van der Waals surface area contributed by atoms with Crippen LogP contribution in [0.25, 0.3) is 0 Å². The number of nitrogens with one attached hydrogen (secondary N) is 1. The third-order valence-electron chi connectivity index (χ3n) is 4.17. The Morgan fingerprint density at radius 1 is 1.24 bits per heavy atom. The standard InChI is InChI=1S/C15H20N2O2S2/c1-21(18,19)13-6-4-12(5-7-13)10-16-14-17-15(11-20-14)8-2-3-9-15/h4-7H,2-3,8-11H2,1H3,(H,16,17). The first-order valence-corrected chi connectivity index (χ1v) is 10.1. The number of rotatable bonds is 3. The minimum absolute atomic E-state index is 0.295. The predicted molar refractivity (Wildman–Crippen MR) is 87.5 cm³/mol. The Morgan fingerprint density at radius 3 is 2.52 bits per heavy atom. The number of benzene rings is 1. The van der Waals surface area contributed by atoms with E-state index in [-0.39, 0.29) is 0 Å². The van der Waals surface area contributed by atoms with E-state index in [1.165, 1.54) is 31.9 Å². The van der Waals surface area contributed by atoms with Gasteiger partial charge in [0.05, 0.1) is 11.4 Å². The van der Waals surface area contributed by atoms with Gasteiger partial charge >= 0.3 is 0 Å². The molecule has 0 amide bonds. The molecule has 1 heterocycles. The summed E-state index contributed by atoms with van der Waals surface area (Å²) in [6.07, 6.45) is 6.36. The van der Waals surface area contributed by atoms with Gasteiger partial charge in [-0.3, -0.25) is 4.99 Å². The van der Waals surface area contributed by atoms with Crippen LogP contribution in [0.15, 0.2) is 34.2 Å². The molecule has 0 bridgehead atoms. The predicted octanol–water partition coefficient (Wildman–Crippen LogP) is 2.60. The van der Waals surface area contributed by atoms with Crippen LogP contribution in [0, 0.1) is 0 Å². The highest BCUT2D eigenvalue weighted by atomic mass is 32.2. The van der Waals surface area contributed by atoms with Crippen LogP contribution in [0.2, 0.25) is 0 Å². The molecule has 1 spiro atoms. The number of amidine groups is 1. The first-order valence-electron chi connectivity index (χ1n) is 7.21. The largest absolute Gasteiger partial charge is 0.359 e. The van der Waals surface area contributed by atoms with Crippen LogP contribution >= 0.6 is 11.8 Å². The van der Waals surface area contributed by atoms with Crippen LogP contribution in [-0.2, 0) is 16.4 Å². The summed E-state index contributed by atoms with van der Waals surface area (Å²) in [5.41, 5.74) is 1.33. The Hall–Kier alpha value is -1.01. The van der Waals surface area contributed by atoms with E-state index in [1.807, 2.05) is 23.9 Å². The Balaban J connectivity index is 1.64. The zero-order chi connectivity index (χ0) is 14.9. The molecule has 2 fully saturated rings. The fourth-order valence-corrected chi connectivity index (χ4v) is 4.77. The number of sulfone groups is 1. The molecule has 1 saturated heterocycles. The van der Waals surface area contributed by atoms with Crippen LogP contribution in [0.3, 0.4) is 0 Å². The molecular formula is C15H20N2O2S2. The van der Waals surface area contributed by atoms with Gasteiger partial charge in [-0.05, 0) is 30.5 Å². The number of hydrogen-bond donors (Lipinski definition) is 1. The van der Waals surface area contributed by atoms with Crippen molar-refractivity contribution >= 4 is 26.8 Å². The summed E-state index contributed by atoms with van der Waals surface area (Å²) in [6.45, 7) is 0.593. The average Bonchev–Trinajstić information content (AvgIpc) is 3.07. The maximum absolute atomic E-state index is 11.4. The van der Waals surface area contributed by atoms with Crippen molar-refractivity contribution in [1.82, 2.24) is 5.32 Å². The molecule has 21 heavy (non-hydrogen) atoms. The van der Waals surface area contributed by atoms with Gasteiger partial charge in [-0.15, -0.1) is 0 Å². The van der Waals surface area contributed by atoms with Gasteiger partial charge in [0.25, 0.3) is 0 Å². The summed E-state index contributed by atoms with van der Waals surface area (Å²) in [5, 5.41) is 4.62. The SMILES string of the molecule is CS(=O)(=O)c1ccc(CN=C2NC3(CCCC3)CS2)cc1. The Labute approximate surface area is 130 Å². The quantitative estimate of drug-likeness (QED) is 0.928. The van der Waals surface area contributed by atoms with Gasteiger partial charge in [-0.2, -0.15) is 0 Å². The molecular weight excluding hydrogens is 304 g/mol. The highest BCUT2D eigenvalue weighted by molar-refractivity contribution is 8.14. The minimum atomic E-state index is -3.12. The molecule has 1 saturated carbocycles. The second-order valence-electron chi connectivity index (χ2n) is 5.94. The lowest BCUT2D eigenvalue weighted by Crippen LogP contribution is -2.40. The Kier molecular flexibility index (Phi) is 4.01. The lowest BCUT2D eigenvalue weighted by Gasteiger charge is -2.21. The second-order valence-corrected chi connectivity index (χ2v) is 8.92. The highest BCUT2D eigenvalue weighted by Crippen LogP contribution is 2.37. The van der Waals surface area contributed by atoms with E-state index in [0.29, 0.717) is 17.0 Å². The van der Waals surface area contributed by atoms with Crippen LogP contribution in [0.5, 0.6) is 0 Å². The van der Waals surface area contributed by atoms with E-state index in [0.717, 1.165) is 16.5 Å². The third kappa shape index (κ3) is 3.43. The van der Waals surface area contributed by atoms with Crippen LogP contribution in [0.4, 0.5) is 0 Å². The topological polar surface area (TPSA) is 58.5 Å². The smallest absolute Gasteiger partial charge is 0.175 e. The molecule has 6 heteroatoms. The van der Waals surface area contributed by atoms with E-state index < -0.39 is 9.84 Å². The van der Waals surface area contributed by atoms with Crippen molar-refractivity contribution in [3.8, 4) is 0 Å². The molecule has 1 aliphatic heterocycles. The Morgan fingerprint density at radius 2 is 1.90 bits per heavy atom. The summed E-state index contributed by atoms with van der Waals surface area (Å²) in [7, 11) is -3.12. The van der Waals surface area contributed by atoms with Gasteiger partial charge in [-0.1, -0.05) is 36.7 Å². The molecule has 0 unspecified atom stereocenters. The van der Waals surface area contributed by atoms with E-state index in [2.05, 4.69) is 10.3 Å². The van der Waals surface area contributed by atoms with Crippen molar-refractivity contribution in [2.24, 2.45) is 4.99 Å². The molecule has 0 aromatic heterocycles. The minimum Gasteiger partial charge on any atom is -0.359 e. The highest BCUT2D eigenvalue weighted by Gasteiger charge is 2.39. The van der Waals surface area contributed by atoms with E-state index in [4.69, 9.17) is 0 Å². The van der Waals surface area contributed by atoms with E-state index in [1.54, 1.807) is 12.1 Å². The maximum Gasteiger partial charge on any atom is 0.175 e. The summed E-state index contributed by atoms with van der Waals surface area (Å²) in [6, 6.07) is 6.98. The van der Waals surface area contributed by atoms with Gasteiger partial charge in [0.15, 0.2) is 15.0 Å². The zero-order valence-electron chi connectivity index (χ0n) is 12.1. The third-order valence-corrected chi connectivity index (χ3v) is 6.50. The molecule has 4 nitrogen and oxygen atoms in total. The van der Waals surface area contributed by atoms with Crippen LogP contribution in [-0.4, -0.2) is 31.1 Å². The molecule has 3 rings (SSSR count). The van der Waals surface area contributed by atoms with Crippen molar-refractivity contribution in [3.05, 3.63) is 29.8 Å². The first kappa shape index (κ1) is 14.9. The summed E-state index contributed by atoms with van der Waals surface area (Å²) >= 11 is 1.81. The molecule has 114 valence electrons. The molecule has 1 aromatic rings. The van der Waals surface area contributed by atoms with Gasteiger partial charge in [0.2, 0.25) is 0 Å². The van der Waals surface area contributed by atoms with Crippen molar-refractivity contribution in [1.29, 1.82) is 0 Å². The van der Waals surface area contributed by atoms with E-state index in [9.17, 15) is 8.42 Å². The summed E-state index contributed by atoms with van der Waals surface area (Å²) in [4.78, 5) is 4.98. The van der Waals surface area contributed by atoms with E-state index >= 15 is 0 Å². The van der Waals surface area contributed by atoms with Crippen molar-refractivity contribution in [2.75, 3.05) is 12.0 Å². The number of nitrogens with zero attached hydrogens (tertiary/aromatic N) is 1. The van der Waals surface area contributed by atoms with Crippen molar-refractivity contribution < 1.29 is 8.42 Å². The normalized spacial score (nSPS) is 22.8. The fraction of sp³-hybridized carbons (Fsp3) is 0.533. The van der Waals surface area contributed by atoms with Gasteiger partial charge < -0.3 is 5.32 Å². The van der Waals surface area contributed by atoms with Crippen LogP contribution in [0.1, 0.15) is 31.2 Å². The first-order chi connectivity index (χ1) is 9.97. The lowest BCUT2D eigenvalue weighted by molar-refractivity contribution is 0.452. The van der Waals surface area contributed by atoms with Gasteiger partial charge in [0.1, 0.15) is 0 Å². The number of aliphatic imine (C=N–C) groups is 1. The Bertz CT molecular complexity index is 645. The molecule has 1 aliphatic carbocycles. The van der Waals surface area contributed by atoms with Crippen molar-refractivity contribution in [3.63, 3.8) is 0 Å². The van der Waals surface area contributed by atoms with Gasteiger partial charge in [-0.25, -0.2) is 8.42 Å². The fourth-order valence-electron chi connectivity index (χ4n) is 2.92. The molecule has 2 aliphatic rings. The molecule has 1 aromatic carbocycles. The lowest BCUT2D eigenvalue weighted by atomic mass is 10.0. The summed E-state index contributed by atoms with van der Waals surface area (Å²) in [5.74, 6) is 1.12. The van der Waals surface area contributed by atoms with Crippen LogP contribution < -0.4 is 5.32 Å². The molecule has 0 radical (unpaired) electrons. The second kappa shape index (κ2) is 5.65. The average molecular weight is 324 g/mol. The molecule has 0 atom stereocenters. The summed E-state index contributed by atoms with van der Waals surface area (Å²) < 4.78 is 22.8. The molecule has 1 N–H and O–H groups in total. The zero-order valence-corrected chi connectivity index (χ0v) is 13.8. The monoisotopic (exact) mass is 324 g/mol. The maximum atomic E-state index is 11.4. The van der Waals surface area contributed by atoms with Crippen molar-refractivity contribution in [2.45, 2.75) is 42.7 Å².